The molecule has 3 N–H and O–H groups in total. The summed E-state index contributed by atoms with van der Waals surface area (Å²) in [6, 6.07) is 0.524. The predicted molar refractivity (Wildman–Crippen MR) is 90.5 cm³/mol. The number of fused-ring (bicyclic) bond motifs is 1. The zero-order chi connectivity index (χ0) is 15.6. The third kappa shape index (κ3) is 3.17. The Labute approximate surface area is 130 Å². The average Bonchev–Trinajstić information content (AvgIpc) is 2.78. The van der Waals surface area contributed by atoms with Crippen molar-refractivity contribution in [2.75, 3.05) is 12.0 Å². The minimum Gasteiger partial charge on any atom is -0.308 e. The molecular formula is C15H25N5S. The van der Waals surface area contributed by atoms with Crippen LogP contribution in [-0.4, -0.2) is 27.5 Å². The molecule has 0 fully saturated rings. The number of rotatable bonds is 6. The lowest BCUT2D eigenvalue weighted by Crippen LogP contribution is -2.32. The van der Waals surface area contributed by atoms with Gasteiger partial charge in [-0.05, 0) is 39.3 Å². The lowest BCUT2D eigenvalue weighted by molar-refractivity contribution is 0.201. The van der Waals surface area contributed by atoms with Crippen molar-refractivity contribution in [1.29, 1.82) is 0 Å². The first kappa shape index (κ1) is 16.1. The van der Waals surface area contributed by atoms with Gasteiger partial charge in [-0.15, -0.1) is 11.3 Å². The molecule has 2 rings (SSSR count). The van der Waals surface area contributed by atoms with Crippen LogP contribution in [0.3, 0.4) is 0 Å². The molecule has 0 aliphatic heterocycles. The maximum atomic E-state index is 5.66. The van der Waals surface area contributed by atoms with E-state index >= 15 is 0 Å². The van der Waals surface area contributed by atoms with Crippen LogP contribution in [0.1, 0.15) is 43.5 Å². The number of nitrogens with two attached hydrogens (primary N) is 1. The zero-order valence-corrected chi connectivity index (χ0v) is 14.3. The van der Waals surface area contributed by atoms with Crippen molar-refractivity contribution in [1.82, 2.24) is 14.9 Å². The summed E-state index contributed by atoms with van der Waals surface area (Å²) in [7, 11) is 0. The molecule has 116 valence electrons. The molecular weight excluding hydrogens is 282 g/mol. The summed E-state index contributed by atoms with van der Waals surface area (Å²) < 4.78 is 0. The maximum Gasteiger partial charge on any atom is 0.152 e. The van der Waals surface area contributed by atoms with Crippen LogP contribution in [0.2, 0.25) is 0 Å². The Morgan fingerprint density at radius 3 is 2.57 bits per heavy atom. The highest BCUT2D eigenvalue weighted by Crippen LogP contribution is 2.33. The average molecular weight is 307 g/mol. The van der Waals surface area contributed by atoms with Crippen molar-refractivity contribution >= 4 is 27.4 Å². The highest BCUT2D eigenvalue weighted by atomic mass is 32.1. The molecule has 0 aromatic carbocycles. The molecule has 1 unspecified atom stereocenters. The minimum atomic E-state index is 0.524. The normalized spacial score (nSPS) is 13.1. The molecule has 0 saturated heterocycles. The van der Waals surface area contributed by atoms with Gasteiger partial charge in [-0.25, -0.2) is 15.8 Å². The molecule has 2 aromatic heterocycles. The van der Waals surface area contributed by atoms with E-state index in [0.29, 0.717) is 6.04 Å². The standard InChI is InChI=1S/C15H25N5S/c1-6-9(3)20(7-2)8-12-17-14(19-16)13-10(4)11(5)21-15(13)18-12/h9H,6-8,16H2,1-5H3,(H,17,18,19). The second-order valence-corrected chi connectivity index (χ2v) is 6.62. The Balaban J connectivity index is 2.41. The molecule has 0 spiro atoms. The Bertz CT molecular complexity index is 622. The third-order valence-electron chi connectivity index (χ3n) is 4.18. The molecule has 0 amide bonds. The minimum absolute atomic E-state index is 0.524. The Hall–Kier alpha value is -1.24. The number of aromatic nitrogens is 2. The fraction of sp³-hybridized carbons (Fsp3) is 0.600. The quantitative estimate of drug-likeness (QED) is 0.633. The van der Waals surface area contributed by atoms with Crippen molar-refractivity contribution < 1.29 is 0 Å². The van der Waals surface area contributed by atoms with Crippen molar-refractivity contribution in [3.63, 3.8) is 0 Å². The van der Waals surface area contributed by atoms with Gasteiger partial charge in [0.2, 0.25) is 0 Å². The summed E-state index contributed by atoms with van der Waals surface area (Å²) >= 11 is 1.71. The van der Waals surface area contributed by atoms with E-state index < -0.39 is 0 Å². The SMILES string of the molecule is CCC(C)N(CC)Cc1nc(NN)c2c(C)c(C)sc2n1. The van der Waals surface area contributed by atoms with E-state index in [1.165, 1.54) is 10.4 Å². The number of nitrogen functional groups attached to an aromatic ring is 1. The van der Waals surface area contributed by atoms with Gasteiger partial charge in [0.1, 0.15) is 10.7 Å². The van der Waals surface area contributed by atoms with Crippen molar-refractivity contribution in [3.8, 4) is 0 Å². The first-order valence-electron chi connectivity index (χ1n) is 7.49. The number of thiophene rings is 1. The topological polar surface area (TPSA) is 67.1 Å². The maximum absolute atomic E-state index is 5.66. The van der Waals surface area contributed by atoms with Crippen LogP contribution in [0, 0.1) is 13.8 Å². The van der Waals surface area contributed by atoms with Crippen molar-refractivity contribution in [3.05, 3.63) is 16.3 Å². The van der Waals surface area contributed by atoms with E-state index in [2.05, 4.69) is 49.9 Å². The van der Waals surface area contributed by atoms with Gasteiger partial charge in [-0.1, -0.05) is 13.8 Å². The van der Waals surface area contributed by atoms with Crippen LogP contribution < -0.4 is 11.3 Å². The number of hydrogen-bond acceptors (Lipinski definition) is 6. The number of hydrazine groups is 1. The van der Waals surface area contributed by atoms with Crippen molar-refractivity contribution in [2.45, 2.75) is 53.6 Å². The molecule has 6 heteroatoms. The number of nitrogens with zero attached hydrogens (tertiary/aromatic N) is 3. The molecule has 0 saturated carbocycles. The monoisotopic (exact) mass is 307 g/mol. The Morgan fingerprint density at radius 1 is 1.29 bits per heavy atom. The lowest BCUT2D eigenvalue weighted by atomic mass is 10.2. The zero-order valence-electron chi connectivity index (χ0n) is 13.5. The largest absolute Gasteiger partial charge is 0.308 e. The van der Waals surface area contributed by atoms with Gasteiger partial charge in [0, 0.05) is 10.9 Å². The number of hydrogen-bond donors (Lipinski definition) is 2. The molecule has 0 bridgehead atoms. The molecule has 5 nitrogen and oxygen atoms in total. The van der Waals surface area contributed by atoms with Gasteiger partial charge in [-0.2, -0.15) is 0 Å². The van der Waals surface area contributed by atoms with Crippen LogP contribution in [0.5, 0.6) is 0 Å². The summed E-state index contributed by atoms with van der Waals surface area (Å²) in [6.07, 6.45) is 1.12. The number of anilines is 1. The van der Waals surface area contributed by atoms with Gasteiger partial charge in [-0.3, -0.25) is 4.90 Å². The lowest BCUT2D eigenvalue weighted by Gasteiger charge is -2.26. The van der Waals surface area contributed by atoms with Gasteiger partial charge in [0.25, 0.3) is 0 Å². The molecule has 2 heterocycles. The van der Waals surface area contributed by atoms with E-state index in [4.69, 9.17) is 10.8 Å². The number of aryl methyl sites for hydroxylation is 2. The second kappa shape index (κ2) is 6.68. The van der Waals surface area contributed by atoms with Gasteiger partial charge < -0.3 is 5.43 Å². The molecule has 1 atom stereocenters. The Morgan fingerprint density at radius 2 is 2.00 bits per heavy atom. The van der Waals surface area contributed by atoms with Crippen LogP contribution in [0.4, 0.5) is 5.82 Å². The van der Waals surface area contributed by atoms with E-state index in [1.54, 1.807) is 11.3 Å². The molecule has 21 heavy (non-hydrogen) atoms. The summed E-state index contributed by atoms with van der Waals surface area (Å²) in [4.78, 5) is 14.0. The summed E-state index contributed by atoms with van der Waals surface area (Å²) in [5, 5.41) is 1.05. The summed E-state index contributed by atoms with van der Waals surface area (Å²) in [6.45, 7) is 12.6. The van der Waals surface area contributed by atoms with Gasteiger partial charge >= 0.3 is 0 Å². The van der Waals surface area contributed by atoms with Gasteiger partial charge in [0.05, 0.1) is 11.9 Å². The first-order chi connectivity index (χ1) is 10.0. The highest BCUT2D eigenvalue weighted by Gasteiger charge is 2.17. The third-order valence-corrected chi connectivity index (χ3v) is 5.28. The van der Waals surface area contributed by atoms with Crippen LogP contribution in [0.25, 0.3) is 10.2 Å². The van der Waals surface area contributed by atoms with E-state index in [9.17, 15) is 0 Å². The van der Waals surface area contributed by atoms with E-state index in [1.807, 2.05) is 0 Å². The molecule has 0 radical (unpaired) electrons. The van der Waals surface area contributed by atoms with Crippen molar-refractivity contribution in [2.24, 2.45) is 5.84 Å². The second-order valence-electron chi connectivity index (χ2n) is 5.42. The smallest absolute Gasteiger partial charge is 0.152 e. The first-order valence-corrected chi connectivity index (χ1v) is 8.30. The number of nitrogens with one attached hydrogen (secondary N) is 1. The molecule has 0 aliphatic rings. The summed E-state index contributed by atoms with van der Waals surface area (Å²) in [5.74, 6) is 7.23. The van der Waals surface area contributed by atoms with E-state index in [-0.39, 0.29) is 0 Å². The van der Waals surface area contributed by atoms with Crippen LogP contribution >= 0.6 is 11.3 Å². The highest BCUT2D eigenvalue weighted by molar-refractivity contribution is 7.18. The van der Waals surface area contributed by atoms with Crippen LogP contribution in [-0.2, 0) is 6.54 Å². The predicted octanol–water partition coefficient (Wildman–Crippen LogP) is 3.21. The Kier molecular flexibility index (Phi) is 5.13. The fourth-order valence-corrected chi connectivity index (χ4v) is 3.54. The fourth-order valence-electron chi connectivity index (χ4n) is 2.49. The molecule has 2 aromatic rings. The van der Waals surface area contributed by atoms with E-state index in [0.717, 1.165) is 41.4 Å². The summed E-state index contributed by atoms with van der Waals surface area (Å²) in [5.41, 5.74) is 3.95. The van der Waals surface area contributed by atoms with Crippen LogP contribution in [0.15, 0.2) is 0 Å². The molecule has 0 aliphatic carbocycles. The van der Waals surface area contributed by atoms with Gasteiger partial charge in [0.15, 0.2) is 5.82 Å².